The van der Waals surface area contributed by atoms with Crippen molar-refractivity contribution in [2.75, 3.05) is 25.6 Å². The minimum atomic E-state index is -4.54. The standard InChI is InChI=1S/C19H17F3N6O3/c1-31-10-9-23-18(30)16-25-27-28(26-16)15-7-5-14(6-8-15)24-17(29)12-3-2-4-13(11-12)19(20,21)22/h2-8,11H,9-10H2,1H3,(H,23,30)(H,24,29). The Morgan fingerprint density at radius 3 is 2.52 bits per heavy atom. The maximum Gasteiger partial charge on any atom is 0.416 e. The maximum atomic E-state index is 12.8. The van der Waals surface area contributed by atoms with Crippen molar-refractivity contribution in [1.82, 2.24) is 25.5 Å². The van der Waals surface area contributed by atoms with E-state index >= 15 is 0 Å². The molecule has 0 aliphatic rings. The van der Waals surface area contributed by atoms with Gasteiger partial charge in [0.1, 0.15) is 0 Å². The molecule has 0 bridgehead atoms. The molecule has 0 saturated heterocycles. The number of aromatic nitrogens is 4. The molecule has 0 aliphatic heterocycles. The predicted molar refractivity (Wildman–Crippen MR) is 103 cm³/mol. The molecule has 0 fully saturated rings. The molecule has 12 heteroatoms. The van der Waals surface area contributed by atoms with E-state index < -0.39 is 23.6 Å². The fourth-order valence-electron chi connectivity index (χ4n) is 2.48. The number of nitrogens with one attached hydrogen (secondary N) is 2. The Morgan fingerprint density at radius 1 is 1.10 bits per heavy atom. The molecule has 0 unspecified atom stereocenters. The minimum Gasteiger partial charge on any atom is -0.383 e. The van der Waals surface area contributed by atoms with Gasteiger partial charge in [-0.05, 0) is 47.7 Å². The number of benzene rings is 2. The number of nitrogens with zero attached hydrogens (tertiary/aromatic N) is 4. The van der Waals surface area contributed by atoms with Gasteiger partial charge in [0.2, 0.25) is 0 Å². The van der Waals surface area contributed by atoms with Gasteiger partial charge in [-0.25, -0.2) is 0 Å². The fourth-order valence-corrected chi connectivity index (χ4v) is 2.48. The average molecular weight is 434 g/mol. The van der Waals surface area contributed by atoms with Crippen LogP contribution in [0.4, 0.5) is 18.9 Å². The van der Waals surface area contributed by atoms with Crippen LogP contribution in [0.15, 0.2) is 48.5 Å². The second-order valence-corrected chi connectivity index (χ2v) is 6.23. The Morgan fingerprint density at radius 2 is 1.84 bits per heavy atom. The molecule has 1 heterocycles. The van der Waals surface area contributed by atoms with Crippen molar-refractivity contribution in [3.8, 4) is 5.69 Å². The van der Waals surface area contributed by atoms with Gasteiger partial charge in [-0.15, -0.1) is 15.0 Å². The molecule has 162 valence electrons. The highest BCUT2D eigenvalue weighted by Gasteiger charge is 2.30. The number of alkyl halides is 3. The van der Waals surface area contributed by atoms with E-state index in [2.05, 4.69) is 26.0 Å². The van der Waals surface area contributed by atoms with Crippen LogP contribution < -0.4 is 10.6 Å². The molecule has 0 spiro atoms. The topological polar surface area (TPSA) is 111 Å². The molecular weight excluding hydrogens is 417 g/mol. The second-order valence-electron chi connectivity index (χ2n) is 6.23. The number of tetrazole rings is 1. The Bertz CT molecular complexity index is 1070. The number of carbonyl (C=O) groups excluding carboxylic acids is 2. The third kappa shape index (κ3) is 5.63. The number of hydrogen-bond acceptors (Lipinski definition) is 6. The first-order chi connectivity index (χ1) is 14.8. The second kappa shape index (κ2) is 9.34. The normalized spacial score (nSPS) is 11.2. The Balaban J connectivity index is 1.66. The van der Waals surface area contributed by atoms with Gasteiger partial charge in [0.05, 0.1) is 17.9 Å². The lowest BCUT2D eigenvalue weighted by Crippen LogP contribution is -2.28. The summed E-state index contributed by atoms with van der Waals surface area (Å²) in [5.41, 5.74) is -0.222. The fraction of sp³-hybridized carbons (Fsp3) is 0.211. The van der Waals surface area contributed by atoms with Crippen molar-refractivity contribution in [3.05, 3.63) is 65.5 Å². The molecule has 3 rings (SSSR count). The number of anilines is 1. The van der Waals surface area contributed by atoms with Crippen molar-refractivity contribution in [3.63, 3.8) is 0 Å². The maximum absolute atomic E-state index is 12.8. The largest absolute Gasteiger partial charge is 0.416 e. The lowest BCUT2D eigenvalue weighted by Gasteiger charge is -2.09. The van der Waals surface area contributed by atoms with Crippen molar-refractivity contribution in [1.29, 1.82) is 0 Å². The third-order valence-electron chi connectivity index (χ3n) is 4.02. The van der Waals surface area contributed by atoms with E-state index in [0.29, 0.717) is 24.5 Å². The summed E-state index contributed by atoms with van der Waals surface area (Å²) < 4.78 is 43.3. The molecule has 0 radical (unpaired) electrons. The van der Waals surface area contributed by atoms with E-state index in [9.17, 15) is 22.8 Å². The summed E-state index contributed by atoms with van der Waals surface area (Å²) in [6.07, 6.45) is -4.54. The molecular formula is C19H17F3N6O3. The monoisotopic (exact) mass is 434 g/mol. The van der Waals surface area contributed by atoms with E-state index in [-0.39, 0.29) is 11.4 Å². The number of rotatable bonds is 7. The van der Waals surface area contributed by atoms with Gasteiger partial charge in [-0.2, -0.15) is 13.2 Å². The smallest absolute Gasteiger partial charge is 0.383 e. The highest BCUT2D eigenvalue weighted by molar-refractivity contribution is 6.04. The van der Waals surface area contributed by atoms with Crippen LogP contribution in [0.25, 0.3) is 5.69 Å². The molecule has 2 amide bonds. The zero-order chi connectivity index (χ0) is 22.4. The number of halogens is 3. The highest BCUT2D eigenvalue weighted by atomic mass is 19.4. The number of carbonyl (C=O) groups is 2. The Labute approximate surface area is 174 Å². The van der Waals surface area contributed by atoms with Crippen molar-refractivity contribution in [2.45, 2.75) is 6.18 Å². The van der Waals surface area contributed by atoms with E-state index in [0.717, 1.165) is 16.9 Å². The van der Waals surface area contributed by atoms with Crippen LogP contribution >= 0.6 is 0 Å². The van der Waals surface area contributed by atoms with Crippen LogP contribution in [0.5, 0.6) is 0 Å². The summed E-state index contributed by atoms with van der Waals surface area (Å²) in [7, 11) is 1.51. The van der Waals surface area contributed by atoms with Crippen LogP contribution in [-0.4, -0.2) is 52.3 Å². The third-order valence-corrected chi connectivity index (χ3v) is 4.02. The lowest BCUT2D eigenvalue weighted by atomic mass is 10.1. The summed E-state index contributed by atoms with van der Waals surface area (Å²) >= 11 is 0. The predicted octanol–water partition coefficient (Wildman–Crippen LogP) is 2.31. The zero-order valence-corrected chi connectivity index (χ0v) is 16.2. The van der Waals surface area contributed by atoms with E-state index in [1.807, 2.05) is 0 Å². The van der Waals surface area contributed by atoms with Gasteiger partial charge in [0, 0.05) is 24.9 Å². The first-order valence-corrected chi connectivity index (χ1v) is 8.94. The summed E-state index contributed by atoms with van der Waals surface area (Å²) in [6, 6.07) is 10.3. The zero-order valence-electron chi connectivity index (χ0n) is 16.2. The highest BCUT2D eigenvalue weighted by Crippen LogP contribution is 2.29. The van der Waals surface area contributed by atoms with Crippen molar-refractivity contribution >= 4 is 17.5 Å². The molecule has 3 aromatic rings. The van der Waals surface area contributed by atoms with Gasteiger partial charge in [-0.1, -0.05) is 6.07 Å². The molecule has 0 atom stereocenters. The SMILES string of the molecule is COCCNC(=O)c1nnn(-c2ccc(NC(=O)c3cccc(C(F)(F)F)c3)cc2)n1. The van der Waals surface area contributed by atoms with Gasteiger partial charge >= 0.3 is 6.18 Å². The molecule has 0 aliphatic carbocycles. The van der Waals surface area contributed by atoms with Crippen LogP contribution in [0.2, 0.25) is 0 Å². The van der Waals surface area contributed by atoms with Gasteiger partial charge in [-0.3, -0.25) is 9.59 Å². The van der Waals surface area contributed by atoms with Gasteiger partial charge < -0.3 is 15.4 Å². The quantitative estimate of drug-likeness (QED) is 0.552. The lowest BCUT2D eigenvalue weighted by molar-refractivity contribution is -0.137. The van der Waals surface area contributed by atoms with Crippen LogP contribution in [0, 0.1) is 0 Å². The summed E-state index contributed by atoms with van der Waals surface area (Å²) in [5, 5.41) is 16.5. The molecule has 2 N–H and O–H groups in total. The molecule has 1 aromatic heterocycles. The number of methoxy groups -OCH3 is 1. The summed E-state index contributed by atoms with van der Waals surface area (Å²) in [6.45, 7) is 0.637. The number of ether oxygens (including phenoxy) is 1. The van der Waals surface area contributed by atoms with Gasteiger partial charge in [0.15, 0.2) is 0 Å². The molecule has 9 nitrogen and oxygen atoms in total. The first kappa shape index (κ1) is 21.9. The molecule has 2 aromatic carbocycles. The Hall–Kier alpha value is -3.80. The van der Waals surface area contributed by atoms with Crippen molar-refractivity contribution < 1.29 is 27.5 Å². The summed E-state index contributed by atoms with van der Waals surface area (Å²) in [5.74, 6) is -1.32. The molecule has 0 saturated carbocycles. The van der Waals surface area contributed by atoms with Crippen LogP contribution in [-0.2, 0) is 10.9 Å². The van der Waals surface area contributed by atoms with E-state index in [1.165, 1.54) is 31.4 Å². The van der Waals surface area contributed by atoms with Gasteiger partial charge in [0.25, 0.3) is 17.6 Å². The number of hydrogen-bond donors (Lipinski definition) is 2. The van der Waals surface area contributed by atoms with Crippen LogP contribution in [0.1, 0.15) is 26.5 Å². The van der Waals surface area contributed by atoms with Crippen molar-refractivity contribution in [2.24, 2.45) is 0 Å². The number of amides is 2. The molecule has 31 heavy (non-hydrogen) atoms. The van der Waals surface area contributed by atoms with Crippen LogP contribution in [0.3, 0.4) is 0 Å². The summed E-state index contributed by atoms with van der Waals surface area (Å²) in [4.78, 5) is 25.3. The van der Waals surface area contributed by atoms with E-state index in [4.69, 9.17) is 4.74 Å². The first-order valence-electron chi connectivity index (χ1n) is 8.94. The minimum absolute atomic E-state index is 0.124. The Kier molecular flexibility index (Phi) is 6.60. The average Bonchev–Trinajstić information content (AvgIpc) is 3.24. The van der Waals surface area contributed by atoms with E-state index in [1.54, 1.807) is 12.1 Å².